The molecule has 0 bridgehead atoms. The van der Waals surface area contributed by atoms with Gasteiger partial charge in [-0.3, -0.25) is 4.40 Å². The summed E-state index contributed by atoms with van der Waals surface area (Å²) in [7, 11) is 0. The Morgan fingerprint density at radius 1 is 0.952 bits per heavy atom. The van der Waals surface area contributed by atoms with Crippen molar-refractivity contribution < 1.29 is 0 Å². The van der Waals surface area contributed by atoms with Crippen molar-refractivity contribution in [3.8, 4) is 11.3 Å². The van der Waals surface area contributed by atoms with Gasteiger partial charge >= 0.3 is 0 Å². The summed E-state index contributed by atoms with van der Waals surface area (Å²) in [5.41, 5.74) is 6.85. The zero-order valence-corrected chi connectivity index (χ0v) is 11.9. The lowest BCUT2D eigenvalue weighted by Gasteiger charge is -2.03. The maximum atomic E-state index is 4.72. The van der Waals surface area contributed by atoms with E-state index in [2.05, 4.69) is 33.4 Å². The average Bonchev–Trinajstić information content (AvgIpc) is 2.85. The highest BCUT2D eigenvalue weighted by atomic mass is 15.1. The van der Waals surface area contributed by atoms with E-state index in [0.29, 0.717) is 0 Å². The molecule has 3 heterocycles. The molecule has 0 unspecified atom stereocenters. The Bertz CT molecular complexity index is 955. The maximum Gasteiger partial charge on any atom is 0.164 e. The first-order valence-corrected chi connectivity index (χ1v) is 6.90. The van der Waals surface area contributed by atoms with Gasteiger partial charge in [0.1, 0.15) is 5.52 Å². The third-order valence-electron chi connectivity index (χ3n) is 3.70. The van der Waals surface area contributed by atoms with Crippen LogP contribution >= 0.6 is 0 Å². The Labute approximate surface area is 122 Å². The number of rotatable bonds is 1. The lowest BCUT2D eigenvalue weighted by atomic mass is 10.1. The first kappa shape index (κ1) is 12.0. The number of pyridine rings is 1. The van der Waals surface area contributed by atoms with Gasteiger partial charge < -0.3 is 0 Å². The number of aryl methyl sites for hydroxylation is 2. The van der Waals surface area contributed by atoms with Crippen molar-refractivity contribution in [2.24, 2.45) is 0 Å². The molecule has 0 N–H and O–H groups in total. The molecule has 0 atom stereocenters. The summed E-state index contributed by atoms with van der Waals surface area (Å²) in [6.07, 6.45) is 3.67. The van der Waals surface area contributed by atoms with Crippen molar-refractivity contribution in [3.63, 3.8) is 0 Å². The van der Waals surface area contributed by atoms with Crippen LogP contribution < -0.4 is 0 Å². The molecule has 4 aromatic rings. The van der Waals surface area contributed by atoms with Crippen molar-refractivity contribution in [2.45, 2.75) is 13.8 Å². The standard InChI is InChI=1S/C17H14N4/c1-11-8-14-17(19-9-11)21-12(2)16(20-15(21)10-18-14)13-6-4-3-5-7-13/h3-10H,1-2H3. The van der Waals surface area contributed by atoms with E-state index in [-0.39, 0.29) is 0 Å². The summed E-state index contributed by atoms with van der Waals surface area (Å²) in [5, 5.41) is 0. The van der Waals surface area contributed by atoms with Gasteiger partial charge in [-0.05, 0) is 25.5 Å². The molecule has 0 aliphatic rings. The van der Waals surface area contributed by atoms with Crippen LogP contribution in [0.5, 0.6) is 0 Å². The summed E-state index contributed by atoms with van der Waals surface area (Å²) < 4.78 is 2.07. The summed E-state index contributed by atoms with van der Waals surface area (Å²) in [6, 6.07) is 12.2. The highest BCUT2D eigenvalue weighted by Crippen LogP contribution is 2.25. The minimum atomic E-state index is 0.829. The van der Waals surface area contributed by atoms with E-state index >= 15 is 0 Å². The molecule has 4 heteroatoms. The molecule has 0 fully saturated rings. The Balaban J connectivity index is 2.09. The lowest BCUT2D eigenvalue weighted by Crippen LogP contribution is -1.96. The first-order valence-electron chi connectivity index (χ1n) is 6.90. The second kappa shape index (κ2) is 4.38. The monoisotopic (exact) mass is 274 g/mol. The minimum absolute atomic E-state index is 0.829. The topological polar surface area (TPSA) is 43.1 Å². The van der Waals surface area contributed by atoms with Crippen LogP contribution in [0.25, 0.3) is 28.1 Å². The van der Waals surface area contributed by atoms with Crippen molar-refractivity contribution >= 4 is 16.8 Å². The molecule has 0 spiro atoms. The normalized spacial score (nSPS) is 11.3. The van der Waals surface area contributed by atoms with Gasteiger partial charge in [-0.1, -0.05) is 30.3 Å². The number of aromatic nitrogens is 4. The summed E-state index contributed by atoms with van der Waals surface area (Å²) in [5.74, 6) is 0. The molecule has 0 amide bonds. The third kappa shape index (κ3) is 1.80. The van der Waals surface area contributed by atoms with E-state index in [1.807, 2.05) is 43.6 Å². The fourth-order valence-corrected chi connectivity index (χ4v) is 2.69. The summed E-state index contributed by atoms with van der Waals surface area (Å²) in [6.45, 7) is 4.10. The van der Waals surface area contributed by atoms with Crippen LogP contribution in [0.4, 0.5) is 0 Å². The molecule has 0 radical (unpaired) electrons. The lowest BCUT2D eigenvalue weighted by molar-refractivity contribution is 1.10. The fraction of sp³-hybridized carbons (Fsp3) is 0.118. The van der Waals surface area contributed by atoms with Gasteiger partial charge in [0.2, 0.25) is 0 Å². The van der Waals surface area contributed by atoms with Crippen LogP contribution in [0.15, 0.2) is 48.8 Å². The average molecular weight is 274 g/mol. The molecule has 3 aromatic heterocycles. The second-order valence-corrected chi connectivity index (χ2v) is 5.22. The van der Waals surface area contributed by atoms with E-state index in [4.69, 9.17) is 4.98 Å². The molecule has 0 aliphatic heterocycles. The molecule has 4 nitrogen and oxygen atoms in total. The summed E-state index contributed by atoms with van der Waals surface area (Å²) in [4.78, 5) is 13.7. The molecule has 102 valence electrons. The van der Waals surface area contributed by atoms with Crippen LogP contribution in [-0.4, -0.2) is 19.4 Å². The highest BCUT2D eigenvalue weighted by molar-refractivity contribution is 5.77. The van der Waals surface area contributed by atoms with Crippen molar-refractivity contribution in [1.82, 2.24) is 19.4 Å². The van der Waals surface area contributed by atoms with E-state index in [9.17, 15) is 0 Å². The molecule has 4 rings (SSSR count). The number of nitrogens with zero attached hydrogens (tertiary/aromatic N) is 4. The van der Waals surface area contributed by atoms with Crippen LogP contribution in [-0.2, 0) is 0 Å². The largest absolute Gasteiger partial charge is 0.278 e. The maximum absolute atomic E-state index is 4.72. The second-order valence-electron chi connectivity index (χ2n) is 5.22. The predicted octanol–water partition coefficient (Wildman–Crippen LogP) is 3.56. The third-order valence-corrected chi connectivity index (χ3v) is 3.70. The van der Waals surface area contributed by atoms with Gasteiger partial charge in [0.25, 0.3) is 0 Å². The van der Waals surface area contributed by atoms with Gasteiger partial charge in [-0.15, -0.1) is 0 Å². The molecule has 21 heavy (non-hydrogen) atoms. The van der Waals surface area contributed by atoms with Gasteiger partial charge in [0.15, 0.2) is 11.3 Å². The van der Waals surface area contributed by atoms with E-state index in [1.54, 1.807) is 0 Å². The first-order chi connectivity index (χ1) is 10.2. The minimum Gasteiger partial charge on any atom is -0.278 e. The van der Waals surface area contributed by atoms with Crippen molar-refractivity contribution in [3.05, 3.63) is 60.0 Å². The van der Waals surface area contributed by atoms with E-state index in [0.717, 1.165) is 39.3 Å². The highest BCUT2D eigenvalue weighted by Gasteiger charge is 2.13. The molecule has 0 aliphatic carbocycles. The Morgan fingerprint density at radius 2 is 1.76 bits per heavy atom. The molecule has 0 saturated carbocycles. The zero-order chi connectivity index (χ0) is 14.4. The quantitative estimate of drug-likeness (QED) is 0.533. The van der Waals surface area contributed by atoms with Crippen molar-refractivity contribution in [1.29, 1.82) is 0 Å². The van der Waals surface area contributed by atoms with Crippen LogP contribution in [0.2, 0.25) is 0 Å². The smallest absolute Gasteiger partial charge is 0.164 e. The van der Waals surface area contributed by atoms with Crippen molar-refractivity contribution in [2.75, 3.05) is 0 Å². The van der Waals surface area contributed by atoms with Gasteiger partial charge in [-0.2, -0.15) is 0 Å². The molecular weight excluding hydrogens is 260 g/mol. The molecular formula is C17H14N4. The number of benzene rings is 1. The summed E-state index contributed by atoms with van der Waals surface area (Å²) >= 11 is 0. The molecule has 1 aromatic carbocycles. The van der Waals surface area contributed by atoms with E-state index in [1.165, 1.54) is 0 Å². The van der Waals surface area contributed by atoms with Gasteiger partial charge in [-0.25, -0.2) is 15.0 Å². The van der Waals surface area contributed by atoms with Gasteiger partial charge in [0, 0.05) is 17.5 Å². The molecule has 0 saturated heterocycles. The van der Waals surface area contributed by atoms with Crippen LogP contribution in [0.1, 0.15) is 11.3 Å². The van der Waals surface area contributed by atoms with Gasteiger partial charge in [0.05, 0.1) is 11.9 Å². The van der Waals surface area contributed by atoms with Crippen LogP contribution in [0.3, 0.4) is 0 Å². The zero-order valence-electron chi connectivity index (χ0n) is 11.9. The number of fused-ring (bicyclic) bond motifs is 3. The fourth-order valence-electron chi connectivity index (χ4n) is 2.69. The van der Waals surface area contributed by atoms with Crippen LogP contribution in [0, 0.1) is 13.8 Å². The number of imidazole rings is 1. The number of hydrogen-bond acceptors (Lipinski definition) is 3. The van der Waals surface area contributed by atoms with E-state index < -0.39 is 0 Å². The SMILES string of the molecule is Cc1cnc2c(c1)ncc1nc(-c3ccccc3)c(C)n12. The predicted molar refractivity (Wildman–Crippen MR) is 83.2 cm³/mol. The number of hydrogen-bond donors (Lipinski definition) is 0. The Hall–Kier alpha value is -2.75. The Kier molecular flexibility index (Phi) is 2.51. The Morgan fingerprint density at radius 3 is 2.57 bits per heavy atom.